The number of hydrogen-bond acceptors (Lipinski definition) is 7. The van der Waals surface area contributed by atoms with Gasteiger partial charge in [-0.2, -0.15) is 11.2 Å². The predicted molar refractivity (Wildman–Crippen MR) is 134 cm³/mol. The van der Waals surface area contributed by atoms with E-state index in [1.54, 1.807) is 6.08 Å². The number of carbonyl (C=O) groups is 4. The Hall–Kier alpha value is -0.973. The maximum atomic E-state index is 13.2. The number of aliphatic carboxylic acids is 1. The molecule has 1 rings (SSSR count). The molecule has 1 atom stereocenters. The van der Waals surface area contributed by atoms with Crippen LogP contribution in [0.5, 0.6) is 0 Å². The molecule has 10 heteroatoms. The molecule has 1 aliphatic rings. The van der Waals surface area contributed by atoms with Crippen LogP contribution in [0.1, 0.15) is 47.5 Å². The summed E-state index contributed by atoms with van der Waals surface area (Å²) < 4.78 is 0.0312. The standard InChI is InChI=1S/C21H33NO5S3Si/c1-9-10-21(11-12-28-31(7,8)20(4,5)6)13-22(19(21)27)16(17(25)26)18(29-14(2)23)30-15(3)24/h9H,1,10-13H2,2-8H3,(H,25,26)/t21-/m0/s1. The van der Waals surface area contributed by atoms with Gasteiger partial charge in [0.25, 0.3) is 0 Å². The minimum Gasteiger partial charge on any atom is -0.477 e. The van der Waals surface area contributed by atoms with E-state index in [1.807, 2.05) is 11.2 Å². The van der Waals surface area contributed by atoms with E-state index >= 15 is 0 Å². The summed E-state index contributed by atoms with van der Waals surface area (Å²) in [4.78, 5) is 49.7. The van der Waals surface area contributed by atoms with Crippen LogP contribution in [0.2, 0.25) is 18.1 Å². The van der Waals surface area contributed by atoms with Crippen LogP contribution in [0.25, 0.3) is 0 Å². The summed E-state index contributed by atoms with van der Waals surface area (Å²) in [6, 6.07) is 0. The monoisotopic (exact) mass is 503 g/mol. The van der Waals surface area contributed by atoms with Crippen LogP contribution in [0, 0.1) is 5.41 Å². The number of hydrogen-bond donors (Lipinski definition) is 1. The second kappa shape index (κ2) is 10.8. The number of carbonyl (C=O) groups excluding carboxylic acids is 3. The lowest BCUT2D eigenvalue weighted by Gasteiger charge is -2.49. The van der Waals surface area contributed by atoms with Crippen molar-refractivity contribution in [1.29, 1.82) is 0 Å². The molecule has 0 aromatic carbocycles. The highest BCUT2D eigenvalue weighted by Gasteiger charge is 2.54. The molecular formula is C21H33NO5S3Si. The first-order valence-corrected chi connectivity index (χ1v) is 16.3. The summed E-state index contributed by atoms with van der Waals surface area (Å²) >= 11 is 3.28. The highest BCUT2D eigenvalue weighted by atomic mass is 32.4. The zero-order chi connectivity index (χ0) is 24.2. The molecular weight excluding hydrogens is 471 g/mol. The van der Waals surface area contributed by atoms with Crippen molar-refractivity contribution in [2.75, 3.05) is 12.3 Å². The molecule has 0 spiro atoms. The molecule has 0 bridgehead atoms. The third-order valence-electron chi connectivity index (χ3n) is 5.68. The van der Waals surface area contributed by atoms with Crippen LogP contribution in [0.15, 0.2) is 22.6 Å². The first kappa shape index (κ1) is 28.1. The zero-order valence-corrected chi connectivity index (χ0v) is 22.8. The van der Waals surface area contributed by atoms with Gasteiger partial charge in [0.15, 0.2) is 15.9 Å². The Labute approximate surface area is 198 Å². The number of nitrogens with zero attached hydrogens (tertiary/aromatic N) is 1. The van der Waals surface area contributed by atoms with Gasteiger partial charge in [0, 0.05) is 20.4 Å². The molecule has 1 heterocycles. The molecule has 174 valence electrons. The number of allylic oxidation sites excluding steroid dienone is 1. The quantitative estimate of drug-likeness (QED) is 0.185. The van der Waals surface area contributed by atoms with Crippen LogP contribution >= 0.6 is 34.7 Å². The topological polar surface area (TPSA) is 91.8 Å². The van der Waals surface area contributed by atoms with Gasteiger partial charge in [-0.25, -0.2) is 4.79 Å². The fourth-order valence-electron chi connectivity index (χ4n) is 2.94. The fourth-order valence-corrected chi connectivity index (χ4v) is 9.50. The van der Waals surface area contributed by atoms with Crippen LogP contribution in [-0.4, -0.2) is 51.6 Å². The van der Waals surface area contributed by atoms with Crippen molar-refractivity contribution in [2.24, 2.45) is 5.41 Å². The lowest BCUT2D eigenvalue weighted by atomic mass is 9.73. The van der Waals surface area contributed by atoms with E-state index in [1.165, 1.54) is 18.7 Å². The number of rotatable bonds is 10. The van der Waals surface area contributed by atoms with Crippen LogP contribution in [-0.2, 0) is 19.2 Å². The Balaban J connectivity index is 3.14. The third-order valence-corrected chi connectivity index (χ3v) is 16.9. The normalized spacial score (nSPS) is 18.9. The van der Waals surface area contributed by atoms with Gasteiger partial charge >= 0.3 is 5.97 Å². The molecule has 6 nitrogen and oxygen atoms in total. The predicted octanol–water partition coefficient (Wildman–Crippen LogP) is 5.33. The number of β-lactam (4-membered cyclic amide) rings is 1. The number of carboxylic acid groups (broad SMARTS) is 1. The summed E-state index contributed by atoms with van der Waals surface area (Å²) in [6.07, 6.45) is 2.79. The average molecular weight is 504 g/mol. The van der Waals surface area contributed by atoms with Gasteiger partial charge < -0.3 is 10.0 Å². The Morgan fingerprint density at radius 2 is 1.71 bits per heavy atom. The van der Waals surface area contributed by atoms with Gasteiger partial charge in [-0.15, -0.1) is 6.58 Å². The molecule has 1 aliphatic heterocycles. The van der Waals surface area contributed by atoms with E-state index in [2.05, 4.69) is 40.4 Å². The molecule has 1 fully saturated rings. The third kappa shape index (κ3) is 7.00. The van der Waals surface area contributed by atoms with E-state index in [-0.39, 0.29) is 37.7 Å². The molecule has 0 unspecified atom stereocenters. The van der Waals surface area contributed by atoms with Gasteiger partial charge in [0.2, 0.25) is 5.91 Å². The van der Waals surface area contributed by atoms with Gasteiger partial charge in [0.1, 0.15) is 7.22 Å². The number of carboxylic acids is 1. The van der Waals surface area contributed by atoms with Crippen molar-refractivity contribution >= 4 is 64.1 Å². The van der Waals surface area contributed by atoms with E-state index < -0.39 is 18.6 Å². The molecule has 0 aromatic heterocycles. The summed E-state index contributed by atoms with van der Waals surface area (Å²) in [5, 5.41) is 9.30. The molecule has 0 aromatic rings. The van der Waals surface area contributed by atoms with Crippen molar-refractivity contribution in [3.05, 3.63) is 22.6 Å². The van der Waals surface area contributed by atoms with Crippen molar-refractivity contribution < 1.29 is 24.3 Å². The number of likely N-dealkylation sites (tertiary alicyclic amines) is 1. The van der Waals surface area contributed by atoms with Gasteiger partial charge in [0.05, 0.1) is 9.65 Å². The molecule has 0 radical (unpaired) electrons. The molecule has 1 N–H and O–H groups in total. The molecule has 0 saturated carbocycles. The lowest BCUT2D eigenvalue weighted by molar-refractivity contribution is -0.160. The van der Waals surface area contributed by atoms with Gasteiger partial charge in [-0.3, -0.25) is 14.4 Å². The Bertz CT molecular complexity index is 785. The average Bonchev–Trinajstić information content (AvgIpc) is 2.58. The zero-order valence-electron chi connectivity index (χ0n) is 19.4. The summed E-state index contributed by atoms with van der Waals surface area (Å²) in [7, 11) is -1.57. The Morgan fingerprint density at radius 1 is 1.19 bits per heavy atom. The first-order valence-electron chi connectivity index (χ1n) is 9.99. The van der Waals surface area contributed by atoms with E-state index in [0.29, 0.717) is 36.4 Å². The highest BCUT2D eigenvalue weighted by molar-refractivity contribution is 8.34. The summed E-state index contributed by atoms with van der Waals surface area (Å²) in [5.41, 5.74) is -0.979. The van der Waals surface area contributed by atoms with Crippen molar-refractivity contribution in [3.63, 3.8) is 0 Å². The first-order chi connectivity index (χ1) is 14.1. The summed E-state index contributed by atoms with van der Waals surface area (Å²) in [5.74, 6) is -0.798. The second-order valence-electron chi connectivity index (χ2n) is 9.15. The minimum atomic E-state index is -1.57. The van der Waals surface area contributed by atoms with Gasteiger partial charge in [-0.05, 0) is 47.2 Å². The van der Waals surface area contributed by atoms with E-state index in [0.717, 1.165) is 5.75 Å². The number of amides is 1. The SMILES string of the molecule is C=CC[C@]1(CCS[Si](C)(C)C(C)(C)C)CN(C(C(=O)O)=C(SC(C)=O)SC(C)=O)C1=O. The van der Waals surface area contributed by atoms with Crippen LogP contribution in [0.3, 0.4) is 0 Å². The largest absolute Gasteiger partial charge is 0.477 e. The maximum Gasteiger partial charge on any atom is 0.354 e. The van der Waals surface area contributed by atoms with Gasteiger partial charge in [-0.1, -0.05) is 39.9 Å². The van der Waals surface area contributed by atoms with E-state index in [9.17, 15) is 24.3 Å². The smallest absolute Gasteiger partial charge is 0.354 e. The highest BCUT2D eigenvalue weighted by Crippen LogP contribution is 2.48. The minimum absolute atomic E-state index is 0.0312. The van der Waals surface area contributed by atoms with Crippen molar-refractivity contribution in [2.45, 2.75) is 65.6 Å². The number of thioether (sulfide) groups is 2. The maximum absolute atomic E-state index is 13.2. The Morgan fingerprint density at radius 3 is 2.06 bits per heavy atom. The fraction of sp³-hybridized carbons (Fsp3) is 0.619. The second-order valence-corrected chi connectivity index (χ2v) is 20.9. The lowest BCUT2D eigenvalue weighted by Crippen LogP contribution is -2.61. The van der Waals surface area contributed by atoms with Crippen LogP contribution < -0.4 is 0 Å². The summed E-state index contributed by atoms with van der Waals surface area (Å²) in [6.45, 7) is 18.0. The molecule has 31 heavy (non-hydrogen) atoms. The van der Waals surface area contributed by atoms with Crippen molar-refractivity contribution in [3.8, 4) is 0 Å². The molecule has 1 amide bonds. The molecule has 1 saturated heterocycles. The Kier molecular flexibility index (Phi) is 9.74. The van der Waals surface area contributed by atoms with Crippen LogP contribution in [0.4, 0.5) is 0 Å². The van der Waals surface area contributed by atoms with E-state index in [4.69, 9.17) is 0 Å². The van der Waals surface area contributed by atoms with Crippen molar-refractivity contribution in [1.82, 2.24) is 4.90 Å². The molecule has 0 aliphatic carbocycles.